The Kier molecular flexibility index (Phi) is 4.65. The number of amides is 1. The predicted molar refractivity (Wildman–Crippen MR) is 93.3 cm³/mol. The quantitative estimate of drug-likeness (QED) is 0.773. The average Bonchev–Trinajstić information content (AvgIpc) is 3.16. The van der Waals surface area contributed by atoms with Gasteiger partial charge in [0.15, 0.2) is 0 Å². The fourth-order valence-corrected chi connectivity index (χ4v) is 2.57. The Bertz CT molecular complexity index is 897. The molecule has 2 aromatic heterocycles. The van der Waals surface area contributed by atoms with Crippen LogP contribution in [0.5, 0.6) is 0 Å². The second-order valence-electron chi connectivity index (χ2n) is 6.31. The second kappa shape index (κ2) is 6.88. The van der Waals surface area contributed by atoms with E-state index in [1.165, 1.54) is 12.3 Å². The molecule has 0 fully saturated rings. The first kappa shape index (κ1) is 16.9. The van der Waals surface area contributed by atoms with Crippen molar-refractivity contribution in [2.75, 3.05) is 5.32 Å². The van der Waals surface area contributed by atoms with Crippen molar-refractivity contribution >= 4 is 11.6 Å². The largest absolute Gasteiger partial charge is 0.322 e. The zero-order valence-corrected chi connectivity index (χ0v) is 14.4. The van der Waals surface area contributed by atoms with Gasteiger partial charge in [-0.3, -0.25) is 9.48 Å². The Balaban J connectivity index is 1.75. The van der Waals surface area contributed by atoms with E-state index in [4.69, 9.17) is 0 Å². The molecule has 130 valence electrons. The monoisotopic (exact) mass is 341 g/mol. The third kappa shape index (κ3) is 3.76. The molecule has 6 nitrogen and oxygen atoms in total. The Morgan fingerprint density at radius 2 is 2.16 bits per heavy atom. The van der Waals surface area contributed by atoms with Crippen molar-refractivity contribution in [2.24, 2.45) is 5.92 Å². The minimum Gasteiger partial charge on any atom is -0.322 e. The lowest BCUT2D eigenvalue weighted by atomic mass is 10.2. The molecule has 0 atom stereocenters. The molecule has 3 aromatic rings. The van der Waals surface area contributed by atoms with E-state index in [2.05, 4.69) is 29.2 Å². The van der Waals surface area contributed by atoms with Gasteiger partial charge in [-0.25, -0.2) is 9.37 Å². The molecule has 0 bridgehead atoms. The number of carbonyl (C=O) groups excluding carboxylic acids is 1. The number of hydrogen-bond donors (Lipinski definition) is 1. The number of anilines is 1. The number of hydrogen-bond acceptors (Lipinski definition) is 3. The smallest absolute Gasteiger partial charge is 0.258 e. The molecular formula is C18H20FN5O. The molecule has 1 aromatic carbocycles. The van der Waals surface area contributed by atoms with Crippen LogP contribution in [0.3, 0.4) is 0 Å². The van der Waals surface area contributed by atoms with Crippen LogP contribution in [0.4, 0.5) is 10.1 Å². The lowest BCUT2D eigenvalue weighted by molar-refractivity contribution is 0.102. The molecule has 3 rings (SSSR count). The Hall–Kier alpha value is -2.96. The van der Waals surface area contributed by atoms with Gasteiger partial charge in [-0.2, -0.15) is 5.10 Å². The zero-order valence-electron chi connectivity index (χ0n) is 14.4. The zero-order chi connectivity index (χ0) is 18.0. The van der Waals surface area contributed by atoms with Gasteiger partial charge in [-0.05, 0) is 31.0 Å². The van der Waals surface area contributed by atoms with Gasteiger partial charge in [0.2, 0.25) is 0 Å². The Morgan fingerprint density at radius 1 is 1.36 bits per heavy atom. The minimum absolute atomic E-state index is 0.319. The number of benzene rings is 1. The molecule has 0 aliphatic heterocycles. The first-order valence-corrected chi connectivity index (χ1v) is 8.07. The maximum absolute atomic E-state index is 14.4. The number of aromatic nitrogens is 4. The summed E-state index contributed by atoms with van der Waals surface area (Å²) in [6.45, 7) is 6.69. The number of aryl methyl sites for hydroxylation is 1. The highest BCUT2D eigenvalue weighted by Gasteiger charge is 2.12. The molecule has 0 radical (unpaired) electrons. The van der Waals surface area contributed by atoms with Gasteiger partial charge in [0.25, 0.3) is 5.91 Å². The summed E-state index contributed by atoms with van der Waals surface area (Å²) in [7, 11) is 0. The van der Waals surface area contributed by atoms with Crippen LogP contribution in [0.2, 0.25) is 0 Å². The topological polar surface area (TPSA) is 64.7 Å². The Morgan fingerprint density at radius 3 is 2.80 bits per heavy atom. The highest BCUT2D eigenvalue weighted by Crippen LogP contribution is 2.20. The highest BCUT2D eigenvalue weighted by atomic mass is 19.1. The molecule has 0 saturated carbocycles. The SMILES string of the molecule is Cc1nccn1-c1ccc(NC(=O)c2cnn(CC(C)C)c2)cc1F. The van der Waals surface area contributed by atoms with Crippen molar-refractivity contribution in [1.29, 1.82) is 0 Å². The molecule has 7 heteroatoms. The van der Waals surface area contributed by atoms with Crippen LogP contribution in [-0.4, -0.2) is 25.2 Å². The van der Waals surface area contributed by atoms with E-state index < -0.39 is 5.82 Å². The molecular weight excluding hydrogens is 321 g/mol. The van der Waals surface area contributed by atoms with Crippen molar-refractivity contribution in [3.8, 4) is 5.69 Å². The van der Waals surface area contributed by atoms with Gasteiger partial charge in [-0.15, -0.1) is 0 Å². The first-order valence-electron chi connectivity index (χ1n) is 8.07. The van der Waals surface area contributed by atoms with Crippen LogP contribution in [0.25, 0.3) is 5.69 Å². The number of carbonyl (C=O) groups is 1. The maximum Gasteiger partial charge on any atom is 0.258 e. The molecule has 25 heavy (non-hydrogen) atoms. The maximum atomic E-state index is 14.4. The molecule has 0 spiro atoms. The summed E-state index contributed by atoms with van der Waals surface area (Å²) in [5.41, 5.74) is 1.22. The van der Waals surface area contributed by atoms with Crippen LogP contribution in [-0.2, 0) is 6.54 Å². The summed E-state index contributed by atoms with van der Waals surface area (Å²) in [6.07, 6.45) is 6.50. The normalized spacial score (nSPS) is 11.1. The van der Waals surface area contributed by atoms with Crippen molar-refractivity contribution in [3.05, 3.63) is 60.2 Å². The summed E-state index contributed by atoms with van der Waals surface area (Å²) in [6, 6.07) is 4.57. The minimum atomic E-state index is -0.436. The number of imidazole rings is 1. The van der Waals surface area contributed by atoms with Gasteiger partial charge in [0.05, 0.1) is 17.4 Å². The fraction of sp³-hybridized carbons (Fsp3) is 0.278. The lowest BCUT2D eigenvalue weighted by Crippen LogP contribution is -2.12. The number of nitrogens with zero attached hydrogens (tertiary/aromatic N) is 4. The van der Waals surface area contributed by atoms with E-state index >= 15 is 0 Å². The van der Waals surface area contributed by atoms with E-state index in [1.54, 1.807) is 46.9 Å². The molecule has 0 unspecified atom stereocenters. The number of halogens is 1. The van der Waals surface area contributed by atoms with Crippen LogP contribution in [0.15, 0.2) is 43.0 Å². The van der Waals surface area contributed by atoms with E-state index in [-0.39, 0.29) is 5.91 Å². The van der Waals surface area contributed by atoms with E-state index in [0.717, 1.165) is 6.54 Å². The van der Waals surface area contributed by atoms with E-state index in [1.807, 2.05) is 0 Å². The van der Waals surface area contributed by atoms with Crippen molar-refractivity contribution in [3.63, 3.8) is 0 Å². The summed E-state index contributed by atoms with van der Waals surface area (Å²) < 4.78 is 17.8. The molecule has 0 aliphatic rings. The molecule has 0 saturated heterocycles. The number of nitrogens with one attached hydrogen (secondary N) is 1. The third-order valence-corrected chi connectivity index (χ3v) is 3.74. The standard InChI is InChI=1S/C18H20FN5O/c1-12(2)10-23-11-14(9-21-23)18(25)22-15-4-5-17(16(19)8-15)24-7-6-20-13(24)3/h4-9,11-12H,10H2,1-3H3,(H,22,25). The Labute approximate surface area is 145 Å². The summed E-state index contributed by atoms with van der Waals surface area (Å²) in [5.74, 6) is 0.368. The van der Waals surface area contributed by atoms with E-state index in [9.17, 15) is 9.18 Å². The summed E-state index contributed by atoms with van der Waals surface area (Å²) >= 11 is 0. The lowest BCUT2D eigenvalue weighted by Gasteiger charge is -2.09. The van der Waals surface area contributed by atoms with Gasteiger partial charge < -0.3 is 9.88 Å². The van der Waals surface area contributed by atoms with Crippen LogP contribution < -0.4 is 5.32 Å². The van der Waals surface area contributed by atoms with Crippen LogP contribution in [0, 0.1) is 18.7 Å². The summed E-state index contributed by atoms with van der Waals surface area (Å²) in [4.78, 5) is 16.4. The third-order valence-electron chi connectivity index (χ3n) is 3.74. The van der Waals surface area contributed by atoms with Gasteiger partial charge in [0.1, 0.15) is 11.6 Å². The van der Waals surface area contributed by atoms with Crippen LogP contribution >= 0.6 is 0 Å². The second-order valence-corrected chi connectivity index (χ2v) is 6.31. The van der Waals surface area contributed by atoms with Crippen molar-refractivity contribution < 1.29 is 9.18 Å². The van der Waals surface area contributed by atoms with Crippen molar-refractivity contribution in [2.45, 2.75) is 27.3 Å². The van der Waals surface area contributed by atoms with Gasteiger partial charge in [0, 0.05) is 30.8 Å². The average molecular weight is 341 g/mol. The van der Waals surface area contributed by atoms with Gasteiger partial charge in [-0.1, -0.05) is 13.8 Å². The van der Waals surface area contributed by atoms with Crippen molar-refractivity contribution in [1.82, 2.24) is 19.3 Å². The molecule has 2 heterocycles. The fourth-order valence-electron chi connectivity index (χ4n) is 2.57. The van der Waals surface area contributed by atoms with Gasteiger partial charge >= 0.3 is 0 Å². The molecule has 0 aliphatic carbocycles. The predicted octanol–water partition coefficient (Wildman–Crippen LogP) is 3.42. The molecule has 1 N–H and O–H groups in total. The van der Waals surface area contributed by atoms with Crippen LogP contribution in [0.1, 0.15) is 30.0 Å². The van der Waals surface area contributed by atoms with E-state index in [0.29, 0.717) is 28.7 Å². The number of rotatable bonds is 5. The first-order chi connectivity index (χ1) is 11.9. The highest BCUT2D eigenvalue weighted by molar-refractivity contribution is 6.03. The summed E-state index contributed by atoms with van der Waals surface area (Å²) in [5, 5.41) is 6.86. The molecule has 1 amide bonds.